The predicted molar refractivity (Wildman–Crippen MR) is 121 cm³/mol. The van der Waals surface area contributed by atoms with Gasteiger partial charge in [0.15, 0.2) is 11.5 Å². The molecule has 0 saturated carbocycles. The summed E-state index contributed by atoms with van der Waals surface area (Å²) in [5.41, 5.74) is 3.91. The lowest BCUT2D eigenvalue weighted by molar-refractivity contribution is 0.403. The molecule has 4 rings (SSSR count). The monoisotopic (exact) mass is 415 g/mol. The molecule has 5 nitrogen and oxygen atoms in total. The van der Waals surface area contributed by atoms with Crippen LogP contribution in [0.5, 0.6) is 11.5 Å². The van der Waals surface area contributed by atoms with Crippen LogP contribution in [0.1, 0.15) is 11.1 Å². The zero-order valence-electron chi connectivity index (χ0n) is 16.2. The number of aromatic nitrogens is 1. The fourth-order valence-corrected chi connectivity index (χ4v) is 3.86. The first-order valence-electron chi connectivity index (χ1n) is 9.57. The SMILES string of the molecule is Oc1ccc(C=Nn2c(-c3ccccc3)csc2=NCCc2ccccc2)cc1O. The highest BCUT2D eigenvalue weighted by molar-refractivity contribution is 7.07. The second-order valence-electron chi connectivity index (χ2n) is 6.69. The summed E-state index contributed by atoms with van der Waals surface area (Å²) in [6.07, 6.45) is 2.50. The number of aromatic hydroxyl groups is 2. The van der Waals surface area contributed by atoms with Crippen molar-refractivity contribution >= 4 is 17.6 Å². The summed E-state index contributed by atoms with van der Waals surface area (Å²) in [7, 11) is 0. The van der Waals surface area contributed by atoms with Crippen LogP contribution < -0.4 is 4.80 Å². The van der Waals surface area contributed by atoms with Gasteiger partial charge in [-0.15, -0.1) is 11.3 Å². The Morgan fingerprint density at radius 1 is 0.867 bits per heavy atom. The minimum absolute atomic E-state index is 0.156. The standard InChI is InChI=1S/C24H21N3O2S/c28-22-12-11-19(15-23(22)29)16-26-27-21(20-9-5-2-6-10-20)17-30-24(27)25-14-13-18-7-3-1-4-8-18/h1-12,15-17,28-29H,13-14H2. The molecule has 0 spiro atoms. The second-order valence-corrected chi connectivity index (χ2v) is 7.53. The van der Waals surface area contributed by atoms with E-state index in [1.165, 1.54) is 17.7 Å². The van der Waals surface area contributed by atoms with Crippen molar-refractivity contribution in [3.8, 4) is 22.8 Å². The van der Waals surface area contributed by atoms with Crippen LogP contribution in [0.4, 0.5) is 0 Å². The summed E-state index contributed by atoms with van der Waals surface area (Å²) in [6, 6.07) is 24.9. The Hall–Kier alpha value is -3.64. The molecule has 6 heteroatoms. The van der Waals surface area contributed by atoms with Crippen molar-refractivity contribution in [1.29, 1.82) is 0 Å². The van der Waals surface area contributed by atoms with Gasteiger partial charge in [-0.25, -0.2) is 4.68 Å². The summed E-state index contributed by atoms with van der Waals surface area (Å²) in [4.78, 5) is 5.57. The van der Waals surface area contributed by atoms with Gasteiger partial charge in [-0.1, -0.05) is 60.7 Å². The van der Waals surface area contributed by atoms with Gasteiger partial charge in [-0.3, -0.25) is 4.99 Å². The third kappa shape index (κ3) is 4.67. The van der Waals surface area contributed by atoms with E-state index in [1.54, 1.807) is 23.6 Å². The minimum Gasteiger partial charge on any atom is -0.504 e. The zero-order chi connectivity index (χ0) is 20.8. The molecular weight excluding hydrogens is 394 g/mol. The van der Waals surface area contributed by atoms with Gasteiger partial charge in [-0.2, -0.15) is 5.10 Å². The van der Waals surface area contributed by atoms with Crippen molar-refractivity contribution in [3.05, 3.63) is 100 Å². The second kappa shape index (κ2) is 9.24. The van der Waals surface area contributed by atoms with E-state index in [0.29, 0.717) is 12.1 Å². The number of phenolic OH excluding ortho intramolecular Hbond substituents is 2. The maximum atomic E-state index is 9.73. The van der Waals surface area contributed by atoms with Crippen molar-refractivity contribution in [2.45, 2.75) is 6.42 Å². The predicted octanol–water partition coefficient (Wildman–Crippen LogP) is 4.65. The first kappa shape index (κ1) is 19.7. The average molecular weight is 416 g/mol. The van der Waals surface area contributed by atoms with Crippen LogP contribution in [0.25, 0.3) is 11.3 Å². The largest absolute Gasteiger partial charge is 0.504 e. The van der Waals surface area contributed by atoms with Crippen molar-refractivity contribution in [2.75, 3.05) is 6.54 Å². The maximum absolute atomic E-state index is 9.73. The molecule has 1 aromatic heterocycles. The Kier molecular flexibility index (Phi) is 6.06. The Morgan fingerprint density at radius 3 is 2.33 bits per heavy atom. The van der Waals surface area contributed by atoms with Gasteiger partial charge < -0.3 is 10.2 Å². The number of hydrogen-bond acceptors (Lipinski definition) is 5. The number of rotatable bonds is 6. The molecule has 30 heavy (non-hydrogen) atoms. The van der Waals surface area contributed by atoms with Crippen molar-refractivity contribution in [1.82, 2.24) is 4.68 Å². The molecule has 4 aromatic rings. The molecule has 0 radical (unpaired) electrons. The molecular formula is C24H21N3O2S. The lowest BCUT2D eigenvalue weighted by Gasteiger charge is -2.04. The van der Waals surface area contributed by atoms with Crippen LogP contribution >= 0.6 is 11.3 Å². The number of phenols is 2. The fraction of sp³-hybridized carbons (Fsp3) is 0.0833. The van der Waals surface area contributed by atoms with E-state index >= 15 is 0 Å². The number of thiazole rings is 1. The summed E-state index contributed by atoms with van der Waals surface area (Å²) in [6.45, 7) is 0.661. The quantitative estimate of drug-likeness (QED) is 0.355. The molecule has 0 fully saturated rings. The van der Waals surface area contributed by atoms with Gasteiger partial charge in [0, 0.05) is 17.5 Å². The molecule has 0 aliphatic carbocycles. The van der Waals surface area contributed by atoms with Crippen molar-refractivity contribution in [2.24, 2.45) is 10.1 Å². The van der Waals surface area contributed by atoms with Crippen molar-refractivity contribution in [3.63, 3.8) is 0 Å². The van der Waals surface area contributed by atoms with Gasteiger partial charge in [0.25, 0.3) is 0 Å². The van der Waals surface area contributed by atoms with Crippen LogP contribution in [0.15, 0.2) is 94.3 Å². The third-order valence-electron chi connectivity index (χ3n) is 4.57. The molecule has 0 saturated heterocycles. The summed E-state index contributed by atoms with van der Waals surface area (Å²) in [5, 5.41) is 25.9. The lowest BCUT2D eigenvalue weighted by Crippen LogP contribution is -2.13. The molecule has 0 aliphatic heterocycles. The summed E-state index contributed by atoms with van der Waals surface area (Å²) in [5.74, 6) is -0.331. The van der Waals surface area contributed by atoms with Gasteiger partial charge >= 0.3 is 0 Å². The third-order valence-corrected chi connectivity index (χ3v) is 5.42. The average Bonchev–Trinajstić information content (AvgIpc) is 3.18. The van der Waals surface area contributed by atoms with E-state index in [2.05, 4.69) is 17.2 Å². The van der Waals surface area contributed by atoms with E-state index in [4.69, 9.17) is 4.99 Å². The highest BCUT2D eigenvalue weighted by Gasteiger charge is 2.07. The minimum atomic E-state index is -0.176. The van der Waals surface area contributed by atoms with Crippen LogP contribution in [0, 0.1) is 0 Å². The van der Waals surface area contributed by atoms with Crippen LogP contribution in [-0.2, 0) is 6.42 Å². The first-order valence-corrected chi connectivity index (χ1v) is 10.5. The smallest absolute Gasteiger partial charge is 0.206 e. The highest BCUT2D eigenvalue weighted by atomic mass is 32.1. The number of nitrogens with zero attached hydrogens (tertiary/aromatic N) is 3. The van der Waals surface area contributed by atoms with E-state index < -0.39 is 0 Å². The first-order chi connectivity index (χ1) is 14.7. The maximum Gasteiger partial charge on any atom is 0.206 e. The Balaban J connectivity index is 1.68. The number of benzene rings is 3. The normalized spacial score (nSPS) is 11.9. The van der Waals surface area contributed by atoms with Crippen LogP contribution in [-0.4, -0.2) is 27.6 Å². The Morgan fingerprint density at radius 2 is 1.60 bits per heavy atom. The van der Waals surface area contributed by atoms with Gasteiger partial charge in [-0.05, 0) is 35.7 Å². The number of hydrogen-bond donors (Lipinski definition) is 2. The molecule has 0 aliphatic rings. The van der Waals surface area contributed by atoms with Gasteiger partial charge in [0.2, 0.25) is 4.80 Å². The molecule has 3 aromatic carbocycles. The molecule has 2 N–H and O–H groups in total. The fourth-order valence-electron chi connectivity index (χ4n) is 3.00. The highest BCUT2D eigenvalue weighted by Crippen LogP contribution is 2.24. The molecule has 0 bridgehead atoms. The van der Waals surface area contributed by atoms with E-state index in [9.17, 15) is 10.2 Å². The van der Waals surface area contributed by atoms with Crippen molar-refractivity contribution < 1.29 is 10.2 Å². The van der Waals surface area contributed by atoms with Crippen LogP contribution in [0.3, 0.4) is 0 Å². The molecule has 150 valence electrons. The molecule has 0 amide bonds. The van der Waals surface area contributed by atoms with Crippen LogP contribution in [0.2, 0.25) is 0 Å². The lowest BCUT2D eigenvalue weighted by atomic mass is 10.2. The summed E-state index contributed by atoms with van der Waals surface area (Å²) >= 11 is 1.54. The van der Waals surface area contributed by atoms with E-state index in [0.717, 1.165) is 22.5 Å². The molecule has 1 heterocycles. The Bertz CT molecular complexity index is 1210. The Labute approximate surface area is 178 Å². The van der Waals surface area contributed by atoms with Gasteiger partial charge in [0.05, 0.1) is 11.9 Å². The summed E-state index contributed by atoms with van der Waals surface area (Å²) < 4.78 is 1.81. The van der Waals surface area contributed by atoms with Gasteiger partial charge in [0.1, 0.15) is 0 Å². The topological polar surface area (TPSA) is 70.1 Å². The molecule has 0 unspecified atom stereocenters. The van der Waals surface area contributed by atoms with E-state index in [-0.39, 0.29) is 11.5 Å². The molecule has 0 atom stereocenters. The van der Waals surface area contributed by atoms with E-state index in [1.807, 2.05) is 58.6 Å². The zero-order valence-corrected chi connectivity index (χ0v) is 17.0.